The lowest BCUT2D eigenvalue weighted by molar-refractivity contribution is 0.0387. The monoisotopic (exact) mass is 285 g/mol. The van der Waals surface area contributed by atoms with Crippen LogP contribution in [0.3, 0.4) is 0 Å². The van der Waals surface area contributed by atoms with Gasteiger partial charge in [0.05, 0.1) is 5.54 Å². The van der Waals surface area contributed by atoms with Crippen LogP contribution in [0.2, 0.25) is 0 Å². The predicted octanol–water partition coefficient (Wildman–Crippen LogP) is 1.47. The molecule has 1 fully saturated rings. The molecule has 1 amide bonds. The zero-order chi connectivity index (χ0) is 14.7. The number of nitrogens with zero attached hydrogens (tertiary/aromatic N) is 1. The SMILES string of the molecule is NCC1(NC(=O)c2nccc3ccccc23)CCOCC1. The molecule has 1 aromatic heterocycles. The van der Waals surface area contributed by atoms with Gasteiger partial charge in [-0.1, -0.05) is 24.3 Å². The molecule has 5 nitrogen and oxygen atoms in total. The Hall–Kier alpha value is -1.98. The molecule has 0 atom stereocenters. The number of hydrogen-bond acceptors (Lipinski definition) is 4. The number of nitrogens with two attached hydrogens (primary N) is 1. The summed E-state index contributed by atoms with van der Waals surface area (Å²) >= 11 is 0. The van der Waals surface area contributed by atoms with Crippen molar-refractivity contribution in [1.29, 1.82) is 0 Å². The molecule has 0 spiro atoms. The number of fused-ring (bicyclic) bond motifs is 1. The van der Waals surface area contributed by atoms with Gasteiger partial charge in [-0.15, -0.1) is 0 Å². The molecule has 0 saturated carbocycles. The summed E-state index contributed by atoms with van der Waals surface area (Å²) in [6, 6.07) is 9.65. The van der Waals surface area contributed by atoms with Crippen molar-refractivity contribution >= 4 is 16.7 Å². The Kier molecular flexibility index (Phi) is 3.86. The molecule has 1 aliphatic rings. The summed E-state index contributed by atoms with van der Waals surface area (Å²) in [6.07, 6.45) is 3.14. The third-order valence-electron chi connectivity index (χ3n) is 4.11. The average molecular weight is 285 g/mol. The number of carbonyl (C=O) groups excluding carboxylic acids is 1. The third kappa shape index (κ3) is 2.75. The first-order valence-corrected chi connectivity index (χ1v) is 7.18. The van der Waals surface area contributed by atoms with Gasteiger partial charge in [0, 0.05) is 31.3 Å². The van der Waals surface area contributed by atoms with Gasteiger partial charge in [0.2, 0.25) is 0 Å². The van der Waals surface area contributed by atoms with E-state index < -0.39 is 0 Å². The summed E-state index contributed by atoms with van der Waals surface area (Å²) in [5, 5.41) is 4.95. The van der Waals surface area contributed by atoms with E-state index in [1.165, 1.54) is 0 Å². The highest BCUT2D eigenvalue weighted by molar-refractivity contribution is 6.05. The number of pyridine rings is 1. The molecule has 0 bridgehead atoms. The van der Waals surface area contributed by atoms with E-state index in [1.807, 2.05) is 30.3 Å². The topological polar surface area (TPSA) is 77.2 Å². The first-order valence-electron chi connectivity index (χ1n) is 7.18. The van der Waals surface area contributed by atoms with Gasteiger partial charge in [-0.25, -0.2) is 0 Å². The number of benzene rings is 1. The second kappa shape index (κ2) is 5.79. The van der Waals surface area contributed by atoms with E-state index in [0.717, 1.165) is 23.6 Å². The summed E-state index contributed by atoms with van der Waals surface area (Å²) in [7, 11) is 0. The van der Waals surface area contributed by atoms with E-state index in [4.69, 9.17) is 10.5 Å². The van der Waals surface area contributed by atoms with Crippen molar-refractivity contribution in [2.75, 3.05) is 19.8 Å². The van der Waals surface area contributed by atoms with Crippen LogP contribution in [0.1, 0.15) is 23.3 Å². The minimum atomic E-state index is -0.381. The molecule has 0 unspecified atom stereocenters. The fraction of sp³-hybridized carbons (Fsp3) is 0.375. The van der Waals surface area contributed by atoms with E-state index in [1.54, 1.807) is 6.20 Å². The third-order valence-corrected chi connectivity index (χ3v) is 4.11. The quantitative estimate of drug-likeness (QED) is 0.895. The lowest BCUT2D eigenvalue weighted by atomic mass is 9.90. The van der Waals surface area contributed by atoms with Crippen molar-refractivity contribution in [3.8, 4) is 0 Å². The Labute approximate surface area is 123 Å². The van der Waals surface area contributed by atoms with E-state index >= 15 is 0 Å². The molecule has 1 saturated heterocycles. The smallest absolute Gasteiger partial charge is 0.270 e. The second-order valence-electron chi connectivity index (χ2n) is 5.43. The van der Waals surface area contributed by atoms with Crippen LogP contribution in [0.25, 0.3) is 10.8 Å². The molecule has 21 heavy (non-hydrogen) atoms. The normalized spacial score (nSPS) is 17.6. The van der Waals surface area contributed by atoms with Gasteiger partial charge in [0.1, 0.15) is 5.69 Å². The fourth-order valence-electron chi connectivity index (χ4n) is 2.74. The van der Waals surface area contributed by atoms with Crippen molar-refractivity contribution in [1.82, 2.24) is 10.3 Å². The van der Waals surface area contributed by atoms with Crippen LogP contribution in [-0.4, -0.2) is 36.2 Å². The highest BCUT2D eigenvalue weighted by Gasteiger charge is 2.33. The maximum Gasteiger partial charge on any atom is 0.270 e. The lowest BCUT2D eigenvalue weighted by Crippen LogP contribution is -2.56. The van der Waals surface area contributed by atoms with Crippen molar-refractivity contribution in [2.24, 2.45) is 5.73 Å². The number of hydrogen-bond donors (Lipinski definition) is 2. The molecule has 2 heterocycles. The van der Waals surface area contributed by atoms with Gasteiger partial charge < -0.3 is 15.8 Å². The molecule has 3 N–H and O–H groups in total. The molecular formula is C16H19N3O2. The molecule has 1 aromatic carbocycles. The zero-order valence-electron chi connectivity index (χ0n) is 11.8. The Bertz CT molecular complexity index is 646. The van der Waals surface area contributed by atoms with Crippen LogP contribution in [0, 0.1) is 0 Å². The van der Waals surface area contributed by atoms with E-state index in [9.17, 15) is 4.79 Å². The number of aromatic nitrogens is 1. The lowest BCUT2D eigenvalue weighted by Gasteiger charge is -2.36. The van der Waals surface area contributed by atoms with Gasteiger partial charge in [-0.2, -0.15) is 0 Å². The van der Waals surface area contributed by atoms with Crippen LogP contribution in [0.15, 0.2) is 36.5 Å². The van der Waals surface area contributed by atoms with E-state index in [2.05, 4.69) is 10.3 Å². The summed E-state index contributed by atoms with van der Waals surface area (Å²) in [5.41, 5.74) is 5.96. The van der Waals surface area contributed by atoms with E-state index in [-0.39, 0.29) is 11.4 Å². The average Bonchev–Trinajstić information content (AvgIpc) is 2.55. The van der Waals surface area contributed by atoms with Crippen molar-refractivity contribution in [2.45, 2.75) is 18.4 Å². The highest BCUT2D eigenvalue weighted by atomic mass is 16.5. The van der Waals surface area contributed by atoms with Crippen LogP contribution in [0.5, 0.6) is 0 Å². The molecule has 5 heteroatoms. The zero-order valence-corrected chi connectivity index (χ0v) is 11.8. The Balaban J connectivity index is 1.90. The molecule has 110 valence electrons. The van der Waals surface area contributed by atoms with Gasteiger partial charge in [0.25, 0.3) is 5.91 Å². The Morgan fingerprint density at radius 3 is 2.81 bits per heavy atom. The molecule has 1 aliphatic heterocycles. The van der Waals surface area contributed by atoms with Gasteiger partial charge in [-0.05, 0) is 24.3 Å². The maximum absolute atomic E-state index is 12.6. The molecule has 0 aliphatic carbocycles. The predicted molar refractivity (Wildman–Crippen MR) is 81.0 cm³/mol. The van der Waals surface area contributed by atoms with Crippen LogP contribution >= 0.6 is 0 Å². The first kappa shape index (κ1) is 14.0. The summed E-state index contributed by atoms with van der Waals surface area (Å²) in [5.74, 6) is -0.167. The van der Waals surface area contributed by atoms with Crippen molar-refractivity contribution < 1.29 is 9.53 Å². The second-order valence-corrected chi connectivity index (χ2v) is 5.43. The fourth-order valence-corrected chi connectivity index (χ4v) is 2.74. The summed E-state index contributed by atoms with van der Waals surface area (Å²) in [6.45, 7) is 1.66. The van der Waals surface area contributed by atoms with Crippen LogP contribution in [-0.2, 0) is 4.74 Å². The van der Waals surface area contributed by atoms with Crippen LogP contribution < -0.4 is 11.1 Å². The maximum atomic E-state index is 12.6. The molecule has 0 radical (unpaired) electrons. The number of ether oxygens (including phenoxy) is 1. The summed E-state index contributed by atoms with van der Waals surface area (Å²) in [4.78, 5) is 16.9. The number of nitrogens with one attached hydrogen (secondary N) is 1. The number of carbonyl (C=O) groups is 1. The largest absolute Gasteiger partial charge is 0.381 e. The highest BCUT2D eigenvalue weighted by Crippen LogP contribution is 2.22. The van der Waals surface area contributed by atoms with Gasteiger partial charge >= 0.3 is 0 Å². The first-order chi connectivity index (χ1) is 10.2. The van der Waals surface area contributed by atoms with Crippen molar-refractivity contribution in [3.05, 3.63) is 42.2 Å². The Morgan fingerprint density at radius 2 is 2.05 bits per heavy atom. The minimum Gasteiger partial charge on any atom is -0.381 e. The molecule has 2 aromatic rings. The van der Waals surface area contributed by atoms with E-state index in [0.29, 0.717) is 25.5 Å². The number of amides is 1. The van der Waals surface area contributed by atoms with Gasteiger partial charge in [0.15, 0.2) is 0 Å². The number of rotatable bonds is 3. The van der Waals surface area contributed by atoms with Crippen molar-refractivity contribution in [3.63, 3.8) is 0 Å². The van der Waals surface area contributed by atoms with Crippen LogP contribution in [0.4, 0.5) is 0 Å². The molecular weight excluding hydrogens is 266 g/mol. The molecule has 3 rings (SSSR count). The van der Waals surface area contributed by atoms with Gasteiger partial charge in [-0.3, -0.25) is 9.78 Å². The summed E-state index contributed by atoms with van der Waals surface area (Å²) < 4.78 is 5.36. The minimum absolute atomic E-state index is 0.167. The Morgan fingerprint density at radius 1 is 1.29 bits per heavy atom. The standard InChI is InChI=1S/C16H19N3O2/c17-11-16(6-9-21-10-7-16)19-15(20)14-13-4-2-1-3-12(13)5-8-18-14/h1-5,8H,6-7,9-11,17H2,(H,19,20).